The molecule has 1 amide bonds. The van der Waals surface area contributed by atoms with Gasteiger partial charge >= 0.3 is 0 Å². The Morgan fingerprint density at radius 2 is 1.65 bits per heavy atom. The van der Waals surface area contributed by atoms with E-state index in [2.05, 4.69) is 5.32 Å². The third kappa shape index (κ3) is 4.94. The lowest BCUT2D eigenvalue weighted by molar-refractivity contribution is -0.117. The number of carbonyl (C=O) groups is 2. The van der Waals surface area contributed by atoms with E-state index >= 15 is 0 Å². The fraction of sp³-hybridized carbons (Fsp3) is 0.200. The van der Waals surface area contributed by atoms with Crippen LogP contribution in [0, 0.1) is 24.5 Å². The van der Waals surface area contributed by atoms with Gasteiger partial charge in [0.05, 0.1) is 21.5 Å². The molecule has 1 saturated carbocycles. The monoisotopic (exact) mass is 541 g/mol. The number of ketones is 1. The predicted molar refractivity (Wildman–Crippen MR) is 131 cm³/mol. The number of amides is 1. The molecule has 3 aromatic rings. The summed E-state index contributed by atoms with van der Waals surface area (Å²) < 4.78 is 26.7. The number of Topliss-reactive ketones (excluding diaryl/α,β-unsaturated/α-hetero) is 1. The van der Waals surface area contributed by atoms with Gasteiger partial charge in [0.1, 0.15) is 10.2 Å². The van der Waals surface area contributed by atoms with Gasteiger partial charge < -0.3 is 5.32 Å². The number of anilines is 1. The molecule has 0 aromatic heterocycles. The second-order valence-corrected chi connectivity index (χ2v) is 10.5. The van der Waals surface area contributed by atoms with Crippen LogP contribution >= 0.6 is 46.4 Å². The molecule has 1 N–H and O–H groups in total. The van der Waals surface area contributed by atoms with Crippen molar-refractivity contribution in [3.8, 4) is 0 Å². The number of alkyl halides is 2. The Morgan fingerprint density at radius 1 is 0.971 bits per heavy atom. The SMILES string of the molecule is Cc1ccc(CC(=O)c2cc(NC(=O)C3C(c4ccc(F)c(Cl)c4)C3(Cl)Cl)cc(Cl)c2F)cc1. The van der Waals surface area contributed by atoms with Gasteiger partial charge in [-0.3, -0.25) is 9.59 Å². The van der Waals surface area contributed by atoms with Crippen LogP contribution in [0.15, 0.2) is 54.6 Å². The predicted octanol–water partition coefficient (Wildman–Crippen LogP) is 7.53. The maximum absolute atomic E-state index is 14.6. The quantitative estimate of drug-likeness (QED) is 0.258. The maximum atomic E-state index is 14.6. The normalized spacial score (nSPS) is 18.4. The Hall–Kier alpha value is -2.18. The molecule has 1 aliphatic carbocycles. The van der Waals surface area contributed by atoms with Crippen LogP contribution in [-0.2, 0) is 11.2 Å². The van der Waals surface area contributed by atoms with Gasteiger partial charge in [0.25, 0.3) is 0 Å². The fourth-order valence-corrected chi connectivity index (χ4v) is 5.08. The van der Waals surface area contributed by atoms with Gasteiger partial charge in [0.15, 0.2) is 11.6 Å². The molecular weight excluding hydrogens is 526 g/mol. The number of nitrogens with one attached hydrogen (secondary N) is 1. The fourth-order valence-electron chi connectivity index (χ4n) is 3.84. The Balaban J connectivity index is 1.54. The second-order valence-electron chi connectivity index (χ2n) is 8.20. The molecule has 34 heavy (non-hydrogen) atoms. The van der Waals surface area contributed by atoms with E-state index in [0.29, 0.717) is 11.1 Å². The lowest BCUT2D eigenvalue weighted by atomic mass is 10.0. The molecule has 0 spiro atoms. The number of halogens is 6. The van der Waals surface area contributed by atoms with Gasteiger partial charge in [-0.15, -0.1) is 23.2 Å². The summed E-state index contributed by atoms with van der Waals surface area (Å²) in [6, 6.07) is 13.7. The van der Waals surface area contributed by atoms with Crippen molar-refractivity contribution in [2.45, 2.75) is 23.6 Å². The minimum absolute atomic E-state index is 0.0343. The van der Waals surface area contributed by atoms with Gasteiger partial charge in [-0.2, -0.15) is 0 Å². The van der Waals surface area contributed by atoms with E-state index in [0.717, 1.165) is 5.56 Å². The zero-order valence-corrected chi connectivity index (χ0v) is 20.7. The van der Waals surface area contributed by atoms with Crippen LogP contribution in [-0.4, -0.2) is 16.0 Å². The van der Waals surface area contributed by atoms with E-state index in [-0.39, 0.29) is 27.7 Å². The van der Waals surface area contributed by atoms with Gasteiger partial charge in [-0.1, -0.05) is 59.1 Å². The smallest absolute Gasteiger partial charge is 0.231 e. The third-order valence-electron chi connectivity index (χ3n) is 5.72. The third-order valence-corrected chi connectivity index (χ3v) is 7.23. The summed E-state index contributed by atoms with van der Waals surface area (Å²) >= 11 is 24.5. The lowest BCUT2D eigenvalue weighted by Gasteiger charge is -2.10. The summed E-state index contributed by atoms with van der Waals surface area (Å²) in [7, 11) is 0. The van der Waals surface area contributed by atoms with Crippen LogP contribution in [0.25, 0.3) is 0 Å². The molecule has 2 unspecified atom stereocenters. The molecule has 0 radical (unpaired) electrons. The minimum atomic E-state index is -1.45. The first-order chi connectivity index (χ1) is 16.0. The topological polar surface area (TPSA) is 46.2 Å². The number of aryl methyl sites for hydroxylation is 1. The van der Waals surface area contributed by atoms with E-state index in [1.54, 1.807) is 12.1 Å². The summed E-state index contributed by atoms with van der Waals surface area (Å²) in [5.74, 6) is -4.04. The molecule has 3 aromatic carbocycles. The van der Waals surface area contributed by atoms with Crippen molar-refractivity contribution in [2.24, 2.45) is 5.92 Å². The van der Waals surface area contributed by atoms with Crippen molar-refractivity contribution in [3.63, 3.8) is 0 Å². The van der Waals surface area contributed by atoms with Crippen LogP contribution in [0.2, 0.25) is 10.0 Å². The van der Waals surface area contributed by atoms with Crippen molar-refractivity contribution in [1.29, 1.82) is 0 Å². The van der Waals surface area contributed by atoms with E-state index < -0.39 is 39.5 Å². The Labute approximate surface area is 215 Å². The number of carbonyl (C=O) groups excluding carboxylic acids is 2. The van der Waals surface area contributed by atoms with Crippen molar-refractivity contribution in [1.82, 2.24) is 0 Å². The Bertz CT molecular complexity index is 1290. The molecule has 176 valence electrons. The highest BCUT2D eigenvalue weighted by Gasteiger charge is 2.67. The summed E-state index contributed by atoms with van der Waals surface area (Å²) in [5, 5.41) is 2.17. The zero-order valence-electron chi connectivity index (χ0n) is 17.6. The average molecular weight is 543 g/mol. The first-order valence-corrected chi connectivity index (χ1v) is 11.7. The molecule has 0 heterocycles. The zero-order chi connectivity index (χ0) is 24.8. The Kier molecular flexibility index (Phi) is 6.94. The molecule has 4 rings (SSSR count). The van der Waals surface area contributed by atoms with E-state index in [1.807, 2.05) is 19.1 Å². The number of hydrogen-bond acceptors (Lipinski definition) is 2. The van der Waals surface area contributed by atoms with E-state index in [4.69, 9.17) is 46.4 Å². The van der Waals surface area contributed by atoms with E-state index in [1.165, 1.54) is 30.3 Å². The largest absolute Gasteiger partial charge is 0.326 e. The summed E-state index contributed by atoms with van der Waals surface area (Å²) in [6.07, 6.45) is -0.0343. The molecule has 1 fully saturated rings. The van der Waals surface area contributed by atoms with Crippen molar-refractivity contribution >= 4 is 63.8 Å². The molecule has 3 nitrogen and oxygen atoms in total. The first kappa shape index (κ1) is 24.9. The standard InChI is InChI=1S/C25H17Cl4F2NO2/c1-12-2-4-13(5-3-12)8-20(33)16-10-15(11-18(27)23(16)31)32-24(34)22-21(25(22,28)29)14-6-7-19(30)17(26)9-14/h2-7,9-11,21-22H,8H2,1H3,(H,32,34). The van der Waals surface area contributed by atoms with Crippen LogP contribution in [0.4, 0.5) is 14.5 Å². The van der Waals surface area contributed by atoms with Gasteiger partial charge in [0, 0.05) is 18.0 Å². The highest BCUT2D eigenvalue weighted by Crippen LogP contribution is 2.65. The molecule has 2 atom stereocenters. The highest BCUT2D eigenvalue weighted by atomic mass is 35.5. The minimum Gasteiger partial charge on any atom is -0.326 e. The van der Waals surface area contributed by atoms with Crippen LogP contribution in [0.5, 0.6) is 0 Å². The van der Waals surface area contributed by atoms with Gasteiger partial charge in [-0.05, 0) is 42.3 Å². The Morgan fingerprint density at radius 3 is 2.29 bits per heavy atom. The van der Waals surface area contributed by atoms with Crippen molar-refractivity contribution < 1.29 is 18.4 Å². The number of benzene rings is 3. The van der Waals surface area contributed by atoms with Crippen LogP contribution in [0.3, 0.4) is 0 Å². The number of hydrogen-bond donors (Lipinski definition) is 1. The molecule has 0 saturated heterocycles. The summed E-state index contributed by atoms with van der Waals surface area (Å²) in [4.78, 5) is 25.7. The molecule has 0 aliphatic heterocycles. The molecular formula is C25H17Cl4F2NO2. The van der Waals surface area contributed by atoms with Gasteiger partial charge in [0.2, 0.25) is 5.91 Å². The van der Waals surface area contributed by atoms with Crippen LogP contribution < -0.4 is 5.32 Å². The van der Waals surface area contributed by atoms with Crippen molar-refractivity contribution in [3.05, 3.63) is 98.5 Å². The molecule has 1 aliphatic rings. The second kappa shape index (κ2) is 9.46. The number of rotatable bonds is 6. The van der Waals surface area contributed by atoms with Crippen LogP contribution in [0.1, 0.15) is 33.0 Å². The first-order valence-electron chi connectivity index (χ1n) is 10.2. The van der Waals surface area contributed by atoms with Gasteiger partial charge in [-0.25, -0.2) is 8.78 Å². The average Bonchev–Trinajstić information content (AvgIpc) is 3.36. The van der Waals surface area contributed by atoms with Crippen molar-refractivity contribution in [2.75, 3.05) is 5.32 Å². The molecule has 9 heteroatoms. The van der Waals surface area contributed by atoms with E-state index in [9.17, 15) is 18.4 Å². The summed E-state index contributed by atoms with van der Waals surface area (Å²) in [6.45, 7) is 1.92. The lowest BCUT2D eigenvalue weighted by Crippen LogP contribution is -2.18. The molecule has 0 bridgehead atoms. The maximum Gasteiger partial charge on any atom is 0.231 e. The summed E-state index contributed by atoms with van der Waals surface area (Å²) in [5.41, 5.74) is 2.13. The highest BCUT2D eigenvalue weighted by molar-refractivity contribution is 6.53.